The lowest BCUT2D eigenvalue weighted by atomic mass is 10.1. The molecule has 98 valence electrons. The third kappa shape index (κ3) is 8.01. The summed E-state index contributed by atoms with van der Waals surface area (Å²) in [6.45, 7) is 5.90. The summed E-state index contributed by atoms with van der Waals surface area (Å²) in [5.74, 6) is 0.182. The monoisotopic (exact) mass is 235 g/mol. The van der Waals surface area contributed by atoms with Gasteiger partial charge in [0, 0.05) is 26.3 Å². The van der Waals surface area contributed by atoms with E-state index >= 15 is 0 Å². The topological polar surface area (TPSA) is 71.0 Å². The van der Waals surface area contributed by atoms with Crippen molar-refractivity contribution in [1.82, 2.24) is 5.32 Å². The minimum absolute atomic E-state index is 0.147. The van der Waals surface area contributed by atoms with E-state index in [1.54, 1.807) is 7.11 Å². The van der Waals surface area contributed by atoms with Gasteiger partial charge < -0.3 is 25.0 Å². The lowest BCUT2D eigenvalue weighted by Crippen LogP contribution is -2.40. The van der Waals surface area contributed by atoms with Crippen LogP contribution in [-0.2, 0) is 9.47 Å². The van der Waals surface area contributed by atoms with Gasteiger partial charge in [-0.15, -0.1) is 0 Å². The van der Waals surface area contributed by atoms with Crippen LogP contribution in [0.4, 0.5) is 0 Å². The summed E-state index contributed by atoms with van der Waals surface area (Å²) in [4.78, 5) is 0. The first-order valence-corrected chi connectivity index (χ1v) is 5.70. The predicted octanol–water partition coefficient (Wildman–Crippen LogP) is -0.383. The molecular weight excluding hydrogens is 210 g/mol. The lowest BCUT2D eigenvalue weighted by Gasteiger charge is -2.21. The Kier molecular flexibility index (Phi) is 9.86. The second-order valence-corrected chi connectivity index (χ2v) is 4.08. The number of rotatable bonds is 10. The Labute approximate surface area is 97.8 Å². The number of methoxy groups -OCH3 is 1. The van der Waals surface area contributed by atoms with Gasteiger partial charge in [0.1, 0.15) is 0 Å². The average Bonchev–Trinajstić information content (AvgIpc) is 2.30. The molecule has 0 saturated carbocycles. The molecule has 0 aromatic carbocycles. The molecule has 0 bridgehead atoms. The molecule has 3 unspecified atom stereocenters. The van der Waals surface area contributed by atoms with E-state index in [1.807, 2.05) is 13.8 Å². The van der Waals surface area contributed by atoms with Gasteiger partial charge in [-0.1, -0.05) is 6.92 Å². The van der Waals surface area contributed by atoms with Crippen molar-refractivity contribution >= 4 is 0 Å². The van der Waals surface area contributed by atoms with E-state index in [0.717, 1.165) is 0 Å². The van der Waals surface area contributed by atoms with Gasteiger partial charge in [-0.2, -0.15) is 0 Å². The Balaban J connectivity index is 3.45. The van der Waals surface area contributed by atoms with Crippen LogP contribution in [0.3, 0.4) is 0 Å². The van der Waals surface area contributed by atoms with Crippen LogP contribution in [0.5, 0.6) is 0 Å². The first kappa shape index (κ1) is 15.8. The maximum absolute atomic E-state index is 9.56. The second kappa shape index (κ2) is 9.99. The van der Waals surface area contributed by atoms with Crippen LogP contribution in [0.15, 0.2) is 0 Å². The summed E-state index contributed by atoms with van der Waals surface area (Å²) < 4.78 is 10.0. The van der Waals surface area contributed by atoms with E-state index in [4.69, 9.17) is 14.6 Å². The van der Waals surface area contributed by atoms with Crippen LogP contribution in [0.2, 0.25) is 0 Å². The van der Waals surface area contributed by atoms with Crippen molar-refractivity contribution in [3.05, 3.63) is 0 Å². The molecule has 3 atom stereocenters. The minimum Gasteiger partial charge on any atom is -0.396 e. The highest BCUT2D eigenvalue weighted by atomic mass is 16.5. The maximum Gasteiger partial charge on any atom is 0.0897 e. The van der Waals surface area contributed by atoms with Crippen LogP contribution in [0, 0.1) is 5.92 Å². The lowest BCUT2D eigenvalue weighted by molar-refractivity contribution is 0.0122. The molecule has 5 nitrogen and oxygen atoms in total. The Morgan fingerprint density at radius 2 is 1.94 bits per heavy atom. The zero-order valence-electron chi connectivity index (χ0n) is 10.5. The first-order valence-electron chi connectivity index (χ1n) is 5.70. The third-order valence-corrected chi connectivity index (χ3v) is 2.56. The van der Waals surface area contributed by atoms with E-state index in [0.29, 0.717) is 26.4 Å². The van der Waals surface area contributed by atoms with E-state index < -0.39 is 6.10 Å². The molecule has 0 aromatic heterocycles. The zero-order valence-corrected chi connectivity index (χ0v) is 10.5. The third-order valence-electron chi connectivity index (χ3n) is 2.56. The van der Waals surface area contributed by atoms with E-state index in [-0.39, 0.29) is 18.6 Å². The highest BCUT2D eigenvalue weighted by Crippen LogP contribution is 2.00. The first-order chi connectivity index (χ1) is 7.61. The zero-order chi connectivity index (χ0) is 12.4. The molecular formula is C11H25NO4. The van der Waals surface area contributed by atoms with Crippen molar-refractivity contribution in [2.75, 3.05) is 40.1 Å². The minimum atomic E-state index is -0.523. The number of hydrogen-bond acceptors (Lipinski definition) is 5. The number of aliphatic hydroxyl groups is 2. The number of hydrogen-bond donors (Lipinski definition) is 3. The average molecular weight is 235 g/mol. The maximum atomic E-state index is 9.56. The van der Waals surface area contributed by atoms with Crippen LogP contribution in [0.1, 0.15) is 13.8 Å². The van der Waals surface area contributed by atoms with Crippen molar-refractivity contribution in [1.29, 1.82) is 0 Å². The van der Waals surface area contributed by atoms with Crippen LogP contribution < -0.4 is 5.32 Å². The number of aliphatic hydroxyl groups excluding tert-OH is 2. The molecule has 0 aliphatic heterocycles. The molecule has 3 N–H and O–H groups in total. The summed E-state index contributed by atoms with van der Waals surface area (Å²) >= 11 is 0. The van der Waals surface area contributed by atoms with Crippen molar-refractivity contribution < 1.29 is 19.7 Å². The summed E-state index contributed by atoms with van der Waals surface area (Å²) in [5.41, 5.74) is 0. The van der Waals surface area contributed by atoms with Crippen LogP contribution in [-0.4, -0.2) is 62.4 Å². The SMILES string of the molecule is COCCOCC(O)CNC(C)C(C)CO. The molecule has 0 aliphatic carbocycles. The van der Waals surface area contributed by atoms with Crippen molar-refractivity contribution in [3.63, 3.8) is 0 Å². The predicted molar refractivity (Wildman–Crippen MR) is 62.4 cm³/mol. The molecule has 0 radical (unpaired) electrons. The summed E-state index contributed by atoms with van der Waals surface area (Å²) in [7, 11) is 1.61. The number of ether oxygens (including phenoxy) is 2. The van der Waals surface area contributed by atoms with E-state index in [2.05, 4.69) is 5.32 Å². The second-order valence-electron chi connectivity index (χ2n) is 4.08. The van der Waals surface area contributed by atoms with E-state index in [1.165, 1.54) is 0 Å². The Hall–Kier alpha value is -0.200. The largest absolute Gasteiger partial charge is 0.396 e. The van der Waals surface area contributed by atoms with Gasteiger partial charge in [0.15, 0.2) is 0 Å². The van der Waals surface area contributed by atoms with Gasteiger partial charge in [0.05, 0.1) is 25.9 Å². The Bertz CT molecular complexity index is 157. The summed E-state index contributed by atoms with van der Waals surface area (Å²) in [6.07, 6.45) is -0.523. The fraction of sp³-hybridized carbons (Fsp3) is 1.00. The van der Waals surface area contributed by atoms with Crippen molar-refractivity contribution in [2.45, 2.75) is 26.0 Å². The Morgan fingerprint density at radius 1 is 1.25 bits per heavy atom. The van der Waals surface area contributed by atoms with Crippen LogP contribution >= 0.6 is 0 Å². The van der Waals surface area contributed by atoms with Crippen LogP contribution in [0.25, 0.3) is 0 Å². The highest BCUT2D eigenvalue weighted by Gasteiger charge is 2.12. The fourth-order valence-electron chi connectivity index (χ4n) is 1.10. The Morgan fingerprint density at radius 3 is 2.50 bits per heavy atom. The standard InChI is InChI=1S/C11H25NO4/c1-9(7-13)10(2)12-6-11(14)8-16-5-4-15-3/h9-14H,4-8H2,1-3H3. The smallest absolute Gasteiger partial charge is 0.0897 e. The van der Waals surface area contributed by atoms with E-state index in [9.17, 15) is 5.11 Å². The molecule has 0 aromatic rings. The molecule has 0 heterocycles. The van der Waals surface area contributed by atoms with Gasteiger partial charge in [0.25, 0.3) is 0 Å². The molecule has 0 aliphatic rings. The van der Waals surface area contributed by atoms with Gasteiger partial charge in [0.2, 0.25) is 0 Å². The molecule has 5 heteroatoms. The normalized spacial score (nSPS) is 17.1. The molecule has 0 fully saturated rings. The molecule has 0 rings (SSSR count). The molecule has 0 saturated heterocycles. The molecule has 16 heavy (non-hydrogen) atoms. The van der Waals surface area contributed by atoms with Gasteiger partial charge in [-0.05, 0) is 12.8 Å². The van der Waals surface area contributed by atoms with Gasteiger partial charge >= 0.3 is 0 Å². The summed E-state index contributed by atoms with van der Waals surface area (Å²) in [6, 6.07) is 0.179. The van der Waals surface area contributed by atoms with Crippen molar-refractivity contribution in [2.24, 2.45) is 5.92 Å². The fourth-order valence-corrected chi connectivity index (χ4v) is 1.10. The van der Waals surface area contributed by atoms with Gasteiger partial charge in [-0.25, -0.2) is 0 Å². The number of nitrogens with one attached hydrogen (secondary N) is 1. The quantitative estimate of drug-likeness (QED) is 0.450. The summed E-state index contributed by atoms with van der Waals surface area (Å²) in [5, 5.41) is 21.6. The molecule has 0 amide bonds. The van der Waals surface area contributed by atoms with Crippen molar-refractivity contribution in [3.8, 4) is 0 Å². The van der Waals surface area contributed by atoms with Gasteiger partial charge in [-0.3, -0.25) is 0 Å². The highest BCUT2D eigenvalue weighted by molar-refractivity contribution is 4.69. The molecule has 0 spiro atoms.